The number of fused-ring (bicyclic) bond motifs is 1. The van der Waals surface area contributed by atoms with Crippen LogP contribution in [0.15, 0.2) is 43.4 Å². The highest BCUT2D eigenvalue weighted by Gasteiger charge is 2.27. The first-order valence-electron chi connectivity index (χ1n) is 10.6. The maximum absolute atomic E-state index is 11.9. The number of carbonyl (C=O) groups is 1. The Morgan fingerprint density at radius 3 is 2.94 bits per heavy atom. The molecular formula is C23H28N6O2. The number of carbonyl (C=O) groups excluding carboxylic acids is 1. The Morgan fingerprint density at radius 2 is 2.19 bits per heavy atom. The Hall–Kier alpha value is -3.42. The number of aryl methyl sites for hydroxylation is 1. The third kappa shape index (κ3) is 4.68. The number of hydrogen-bond acceptors (Lipinski definition) is 6. The molecule has 0 bridgehead atoms. The van der Waals surface area contributed by atoms with Crippen LogP contribution >= 0.6 is 0 Å². The molecule has 4 heterocycles. The molecule has 0 aliphatic carbocycles. The molecule has 1 fully saturated rings. The second kappa shape index (κ2) is 8.75. The zero-order valence-corrected chi connectivity index (χ0v) is 18.2. The van der Waals surface area contributed by atoms with E-state index >= 15 is 0 Å². The summed E-state index contributed by atoms with van der Waals surface area (Å²) >= 11 is 0. The minimum absolute atomic E-state index is 0.0677. The lowest BCUT2D eigenvalue weighted by atomic mass is 10.2. The highest BCUT2D eigenvalue weighted by Crippen LogP contribution is 2.31. The van der Waals surface area contributed by atoms with Crippen LogP contribution in [0.25, 0.3) is 10.9 Å². The van der Waals surface area contributed by atoms with Gasteiger partial charge in [-0.1, -0.05) is 20.4 Å². The summed E-state index contributed by atoms with van der Waals surface area (Å²) in [5.41, 5.74) is 1.92. The fourth-order valence-corrected chi connectivity index (χ4v) is 3.83. The minimum atomic E-state index is -0.107. The largest absolute Gasteiger partial charge is 0.472 e. The lowest BCUT2D eigenvalue weighted by Crippen LogP contribution is -2.29. The van der Waals surface area contributed by atoms with E-state index in [-0.39, 0.29) is 12.0 Å². The lowest BCUT2D eigenvalue weighted by Gasteiger charge is -2.17. The van der Waals surface area contributed by atoms with E-state index in [9.17, 15) is 4.79 Å². The molecular weight excluding hydrogens is 392 g/mol. The maximum Gasteiger partial charge on any atom is 0.246 e. The molecule has 1 saturated heterocycles. The predicted octanol–water partition coefficient (Wildman–Crippen LogP) is 3.70. The summed E-state index contributed by atoms with van der Waals surface area (Å²) in [5, 5.41) is 4.23. The summed E-state index contributed by atoms with van der Waals surface area (Å²) in [7, 11) is 0. The molecule has 0 radical (unpaired) electrons. The van der Waals surface area contributed by atoms with Gasteiger partial charge in [0.25, 0.3) is 0 Å². The van der Waals surface area contributed by atoms with Crippen molar-refractivity contribution in [1.29, 1.82) is 0 Å². The van der Waals surface area contributed by atoms with Crippen LogP contribution < -0.4 is 10.1 Å². The fourth-order valence-electron chi connectivity index (χ4n) is 3.83. The van der Waals surface area contributed by atoms with Crippen LogP contribution in [0.3, 0.4) is 0 Å². The van der Waals surface area contributed by atoms with Crippen molar-refractivity contribution < 1.29 is 9.53 Å². The molecule has 1 aliphatic rings. The van der Waals surface area contributed by atoms with Crippen molar-refractivity contribution in [1.82, 2.24) is 24.4 Å². The SMILES string of the molecule is C=CC(=O)N1CCC(Oc2nc(Nc3cc(C)ncn3)cc3c2ccn3CC(C)C)C1. The summed E-state index contributed by atoms with van der Waals surface area (Å²) in [5.74, 6) is 2.33. The van der Waals surface area contributed by atoms with E-state index in [0.717, 1.165) is 29.6 Å². The summed E-state index contributed by atoms with van der Waals surface area (Å²) in [6, 6.07) is 5.93. The van der Waals surface area contributed by atoms with Crippen LogP contribution in [-0.2, 0) is 11.3 Å². The molecule has 8 heteroatoms. The van der Waals surface area contributed by atoms with Crippen LogP contribution in [0, 0.1) is 12.8 Å². The van der Waals surface area contributed by atoms with Gasteiger partial charge in [-0.3, -0.25) is 4.79 Å². The molecule has 1 atom stereocenters. The molecule has 31 heavy (non-hydrogen) atoms. The molecule has 0 saturated carbocycles. The normalized spacial score (nSPS) is 16.1. The zero-order chi connectivity index (χ0) is 22.0. The summed E-state index contributed by atoms with van der Waals surface area (Å²) in [6.07, 6.45) is 5.60. The summed E-state index contributed by atoms with van der Waals surface area (Å²) < 4.78 is 8.52. The second-order valence-electron chi connectivity index (χ2n) is 8.29. The predicted molar refractivity (Wildman–Crippen MR) is 120 cm³/mol. The van der Waals surface area contributed by atoms with Gasteiger partial charge in [-0.05, 0) is 25.0 Å². The van der Waals surface area contributed by atoms with Crippen LogP contribution in [0.2, 0.25) is 0 Å². The van der Waals surface area contributed by atoms with Crippen LogP contribution in [0.5, 0.6) is 5.88 Å². The van der Waals surface area contributed by atoms with Gasteiger partial charge in [0.05, 0.1) is 17.4 Å². The van der Waals surface area contributed by atoms with Crippen molar-refractivity contribution in [2.75, 3.05) is 18.4 Å². The molecule has 0 aromatic carbocycles. The van der Waals surface area contributed by atoms with Crippen LogP contribution in [0.1, 0.15) is 26.0 Å². The Balaban J connectivity index is 1.66. The van der Waals surface area contributed by atoms with Crippen molar-refractivity contribution >= 4 is 28.4 Å². The number of amides is 1. The first-order valence-corrected chi connectivity index (χ1v) is 10.6. The van der Waals surface area contributed by atoms with E-state index in [1.54, 1.807) is 4.90 Å². The molecule has 1 amide bonds. The fraction of sp³-hybridized carbons (Fsp3) is 0.391. The number of anilines is 2. The Labute approximate surface area is 182 Å². The first kappa shape index (κ1) is 20.8. The van der Waals surface area contributed by atoms with Gasteiger partial charge < -0.3 is 19.5 Å². The summed E-state index contributed by atoms with van der Waals surface area (Å²) in [4.78, 5) is 26.8. The third-order valence-electron chi connectivity index (χ3n) is 5.26. The highest BCUT2D eigenvalue weighted by molar-refractivity contribution is 5.88. The van der Waals surface area contributed by atoms with Gasteiger partial charge >= 0.3 is 0 Å². The third-order valence-corrected chi connectivity index (χ3v) is 5.26. The number of hydrogen-bond donors (Lipinski definition) is 1. The Kier molecular flexibility index (Phi) is 5.88. The molecule has 162 valence electrons. The number of aromatic nitrogens is 4. The van der Waals surface area contributed by atoms with E-state index in [0.29, 0.717) is 36.5 Å². The molecule has 4 rings (SSSR count). The molecule has 1 aliphatic heterocycles. The zero-order valence-electron chi connectivity index (χ0n) is 18.2. The van der Waals surface area contributed by atoms with E-state index in [2.05, 4.69) is 46.5 Å². The lowest BCUT2D eigenvalue weighted by molar-refractivity contribution is -0.125. The number of rotatable bonds is 7. The maximum atomic E-state index is 11.9. The van der Waals surface area contributed by atoms with Crippen molar-refractivity contribution in [3.05, 3.63) is 49.1 Å². The van der Waals surface area contributed by atoms with Gasteiger partial charge in [0.15, 0.2) is 0 Å². The van der Waals surface area contributed by atoms with Crippen LogP contribution in [-0.4, -0.2) is 49.5 Å². The van der Waals surface area contributed by atoms with Gasteiger partial charge in [-0.25, -0.2) is 9.97 Å². The Morgan fingerprint density at radius 1 is 1.35 bits per heavy atom. The van der Waals surface area contributed by atoms with Gasteiger partial charge in [0, 0.05) is 43.5 Å². The van der Waals surface area contributed by atoms with Gasteiger partial charge in [0.2, 0.25) is 11.8 Å². The topological polar surface area (TPSA) is 85.2 Å². The molecule has 1 unspecified atom stereocenters. The molecule has 8 nitrogen and oxygen atoms in total. The number of nitrogens with zero attached hydrogens (tertiary/aromatic N) is 5. The second-order valence-corrected chi connectivity index (χ2v) is 8.29. The van der Waals surface area contributed by atoms with Crippen molar-refractivity contribution in [3.63, 3.8) is 0 Å². The molecule has 0 spiro atoms. The highest BCUT2D eigenvalue weighted by atomic mass is 16.5. The summed E-state index contributed by atoms with van der Waals surface area (Å²) in [6.45, 7) is 12.0. The van der Waals surface area contributed by atoms with Crippen molar-refractivity contribution in [2.45, 2.75) is 39.8 Å². The van der Waals surface area contributed by atoms with E-state index in [1.807, 2.05) is 25.1 Å². The minimum Gasteiger partial charge on any atom is -0.472 e. The molecule has 1 N–H and O–H groups in total. The van der Waals surface area contributed by atoms with E-state index in [4.69, 9.17) is 9.72 Å². The number of likely N-dealkylation sites (tertiary alicyclic amines) is 1. The van der Waals surface area contributed by atoms with Gasteiger partial charge in [-0.2, -0.15) is 4.98 Å². The van der Waals surface area contributed by atoms with Crippen molar-refractivity contribution in [2.24, 2.45) is 5.92 Å². The number of nitrogens with one attached hydrogen (secondary N) is 1. The van der Waals surface area contributed by atoms with E-state index in [1.165, 1.54) is 12.4 Å². The standard InChI is InChI=1S/C23H28N6O2/c1-5-22(30)29-8-6-17(13-29)31-23-18-7-9-28(12-15(2)3)19(18)11-21(27-23)26-20-10-16(4)24-14-25-20/h5,7,9-11,14-15,17H,1,6,8,12-13H2,2-4H3,(H,24,25,26,27). The number of pyridine rings is 1. The smallest absolute Gasteiger partial charge is 0.246 e. The van der Waals surface area contributed by atoms with Crippen LogP contribution in [0.4, 0.5) is 11.6 Å². The van der Waals surface area contributed by atoms with Crippen molar-refractivity contribution in [3.8, 4) is 5.88 Å². The monoisotopic (exact) mass is 420 g/mol. The first-order chi connectivity index (χ1) is 14.9. The average molecular weight is 421 g/mol. The average Bonchev–Trinajstić information content (AvgIpc) is 3.35. The number of ether oxygens (including phenoxy) is 1. The van der Waals surface area contributed by atoms with Gasteiger partial charge in [0.1, 0.15) is 24.1 Å². The van der Waals surface area contributed by atoms with E-state index < -0.39 is 0 Å². The molecule has 3 aromatic heterocycles. The van der Waals surface area contributed by atoms with Gasteiger partial charge in [-0.15, -0.1) is 0 Å². The quantitative estimate of drug-likeness (QED) is 0.587. The Bertz CT molecular complexity index is 1110. The molecule has 3 aromatic rings.